The molecule has 2 N–H and O–H groups in total. The number of ether oxygens (including phenoxy) is 1. The predicted molar refractivity (Wildman–Crippen MR) is 68.3 cm³/mol. The molecule has 1 aliphatic heterocycles. The van der Waals surface area contributed by atoms with Crippen molar-refractivity contribution in [2.45, 2.75) is 45.4 Å². The predicted octanol–water partition coefficient (Wildman–Crippen LogP) is 0.330. The zero-order valence-electron chi connectivity index (χ0n) is 11.7. The van der Waals surface area contributed by atoms with E-state index in [-0.39, 0.29) is 24.1 Å². The maximum atomic E-state index is 12.0. The number of amides is 2. The van der Waals surface area contributed by atoms with Crippen LogP contribution >= 0.6 is 0 Å². The lowest BCUT2D eigenvalue weighted by Crippen LogP contribution is -2.61. The van der Waals surface area contributed by atoms with Crippen LogP contribution in [-0.4, -0.2) is 54.7 Å². The van der Waals surface area contributed by atoms with Gasteiger partial charge in [0.2, 0.25) is 5.91 Å². The Morgan fingerprint density at radius 1 is 1.39 bits per heavy atom. The molecule has 1 heterocycles. The van der Waals surface area contributed by atoms with Gasteiger partial charge in [-0.25, -0.2) is 4.79 Å². The lowest BCUT2D eigenvalue weighted by Gasteiger charge is -2.38. The summed E-state index contributed by atoms with van der Waals surface area (Å²) in [4.78, 5) is 25.2. The van der Waals surface area contributed by atoms with Gasteiger partial charge in [0.1, 0.15) is 11.6 Å². The molecule has 0 spiro atoms. The van der Waals surface area contributed by atoms with Crippen molar-refractivity contribution in [3.05, 3.63) is 0 Å². The van der Waals surface area contributed by atoms with Crippen molar-refractivity contribution in [2.24, 2.45) is 0 Å². The molecule has 0 aromatic heterocycles. The van der Waals surface area contributed by atoms with Crippen LogP contribution in [0.25, 0.3) is 0 Å². The van der Waals surface area contributed by atoms with E-state index in [4.69, 9.17) is 4.74 Å². The fourth-order valence-corrected chi connectivity index (χ4v) is 1.79. The highest BCUT2D eigenvalue weighted by molar-refractivity contribution is 5.82. The number of carbonyl (C=O) groups is 2. The first-order valence-corrected chi connectivity index (χ1v) is 6.19. The van der Waals surface area contributed by atoms with Gasteiger partial charge in [0, 0.05) is 26.2 Å². The minimum Gasteiger partial charge on any atom is -0.444 e. The molecule has 0 saturated carbocycles. The van der Waals surface area contributed by atoms with E-state index in [1.54, 1.807) is 11.9 Å². The van der Waals surface area contributed by atoms with Crippen molar-refractivity contribution in [3.8, 4) is 0 Å². The minimum absolute atomic E-state index is 0.0146. The molecule has 18 heavy (non-hydrogen) atoms. The van der Waals surface area contributed by atoms with Gasteiger partial charge in [0.15, 0.2) is 0 Å². The first-order valence-electron chi connectivity index (χ1n) is 6.19. The van der Waals surface area contributed by atoms with Crippen LogP contribution in [0.3, 0.4) is 0 Å². The van der Waals surface area contributed by atoms with Crippen molar-refractivity contribution < 1.29 is 14.3 Å². The van der Waals surface area contributed by atoms with E-state index in [1.807, 2.05) is 27.7 Å². The van der Waals surface area contributed by atoms with E-state index in [2.05, 4.69) is 10.6 Å². The Morgan fingerprint density at radius 2 is 2.00 bits per heavy atom. The smallest absolute Gasteiger partial charge is 0.410 e. The molecule has 0 aliphatic carbocycles. The lowest BCUT2D eigenvalue weighted by molar-refractivity contribution is -0.123. The Hall–Kier alpha value is -1.30. The van der Waals surface area contributed by atoms with E-state index < -0.39 is 5.60 Å². The van der Waals surface area contributed by atoms with E-state index >= 15 is 0 Å². The van der Waals surface area contributed by atoms with Crippen molar-refractivity contribution in [2.75, 3.05) is 20.1 Å². The molecule has 0 unspecified atom stereocenters. The second-order valence-electron chi connectivity index (χ2n) is 5.56. The Labute approximate surface area is 108 Å². The zero-order chi connectivity index (χ0) is 13.9. The standard InChI is InChI=1S/C12H23N3O3/c1-8-6-14-9(10(16)13-5)7-15(8)11(17)18-12(2,3)4/h8-9,14H,6-7H2,1-5H3,(H,13,16)/t8-,9-/m1/s1. The summed E-state index contributed by atoms with van der Waals surface area (Å²) in [6, 6.07) is -0.362. The number of rotatable bonds is 1. The van der Waals surface area contributed by atoms with Gasteiger partial charge in [0.25, 0.3) is 0 Å². The minimum atomic E-state index is -0.524. The van der Waals surface area contributed by atoms with Gasteiger partial charge in [-0.1, -0.05) is 0 Å². The van der Waals surface area contributed by atoms with Gasteiger partial charge in [-0.2, -0.15) is 0 Å². The highest BCUT2D eigenvalue weighted by Crippen LogP contribution is 2.14. The van der Waals surface area contributed by atoms with Crippen molar-refractivity contribution in [1.29, 1.82) is 0 Å². The third kappa shape index (κ3) is 3.87. The van der Waals surface area contributed by atoms with E-state index in [0.717, 1.165) is 0 Å². The molecular weight excluding hydrogens is 234 g/mol. The number of nitrogens with one attached hydrogen (secondary N) is 2. The first kappa shape index (κ1) is 14.8. The Bertz CT molecular complexity index is 325. The molecule has 1 saturated heterocycles. The van der Waals surface area contributed by atoms with Crippen LogP contribution in [0.4, 0.5) is 4.79 Å². The molecule has 6 heteroatoms. The SMILES string of the molecule is CNC(=O)[C@H]1CN(C(=O)OC(C)(C)C)[C@H](C)CN1. The summed E-state index contributed by atoms with van der Waals surface area (Å²) in [7, 11) is 1.58. The van der Waals surface area contributed by atoms with Crippen molar-refractivity contribution in [3.63, 3.8) is 0 Å². The third-order valence-electron chi connectivity index (χ3n) is 2.76. The van der Waals surface area contributed by atoms with Crippen LogP contribution in [0.2, 0.25) is 0 Å². The average molecular weight is 257 g/mol. The van der Waals surface area contributed by atoms with Crippen LogP contribution in [0.15, 0.2) is 0 Å². The Balaban J connectivity index is 2.67. The van der Waals surface area contributed by atoms with Crippen molar-refractivity contribution in [1.82, 2.24) is 15.5 Å². The number of likely N-dealkylation sites (N-methyl/N-ethyl adjacent to an activating group) is 1. The topological polar surface area (TPSA) is 70.7 Å². The number of hydrogen-bond donors (Lipinski definition) is 2. The summed E-state index contributed by atoms with van der Waals surface area (Å²) < 4.78 is 5.34. The second kappa shape index (κ2) is 5.56. The van der Waals surface area contributed by atoms with Gasteiger partial charge in [-0.15, -0.1) is 0 Å². The average Bonchev–Trinajstić information content (AvgIpc) is 2.26. The highest BCUT2D eigenvalue weighted by Gasteiger charge is 2.34. The summed E-state index contributed by atoms with van der Waals surface area (Å²) >= 11 is 0. The molecule has 1 fully saturated rings. The van der Waals surface area contributed by atoms with Crippen LogP contribution in [0.1, 0.15) is 27.7 Å². The normalized spacial score (nSPS) is 24.6. The Kier molecular flexibility index (Phi) is 4.56. The summed E-state index contributed by atoms with van der Waals surface area (Å²) in [5.41, 5.74) is -0.524. The summed E-state index contributed by atoms with van der Waals surface area (Å²) in [6.45, 7) is 8.32. The molecule has 1 aliphatic rings. The fraction of sp³-hybridized carbons (Fsp3) is 0.833. The van der Waals surface area contributed by atoms with Crippen LogP contribution in [-0.2, 0) is 9.53 Å². The molecule has 2 amide bonds. The number of nitrogens with zero attached hydrogens (tertiary/aromatic N) is 1. The summed E-state index contributed by atoms with van der Waals surface area (Å²) in [5.74, 6) is -0.115. The van der Waals surface area contributed by atoms with Gasteiger partial charge >= 0.3 is 6.09 Å². The van der Waals surface area contributed by atoms with Gasteiger partial charge in [-0.3, -0.25) is 4.79 Å². The molecule has 1 rings (SSSR count). The molecule has 2 atom stereocenters. The molecule has 6 nitrogen and oxygen atoms in total. The number of carbonyl (C=O) groups excluding carboxylic acids is 2. The summed E-state index contributed by atoms with van der Waals surface area (Å²) in [6.07, 6.45) is -0.370. The lowest BCUT2D eigenvalue weighted by atomic mass is 10.1. The molecule has 0 radical (unpaired) electrons. The van der Waals surface area contributed by atoms with Crippen LogP contribution in [0.5, 0.6) is 0 Å². The quantitative estimate of drug-likeness (QED) is 0.710. The van der Waals surface area contributed by atoms with E-state index in [1.165, 1.54) is 0 Å². The maximum absolute atomic E-state index is 12.0. The summed E-state index contributed by atoms with van der Waals surface area (Å²) in [5, 5.41) is 5.68. The molecule has 0 aromatic carbocycles. The first-order chi connectivity index (χ1) is 8.24. The molecule has 104 valence electrons. The third-order valence-corrected chi connectivity index (χ3v) is 2.76. The van der Waals surface area contributed by atoms with E-state index in [9.17, 15) is 9.59 Å². The molecule has 0 aromatic rings. The zero-order valence-corrected chi connectivity index (χ0v) is 11.7. The number of hydrogen-bond acceptors (Lipinski definition) is 4. The monoisotopic (exact) mass is 257 g/mol. The highest BCUT2D eigenvalue weighted by atomic mass is 16.6. The molecule has 0 bridgehead atoms. The van der Waals surface area contributed by atoms with E-state index in [0.29, 0.717) is 13.1 Å². The van der Waals surface area contributed by atoms with Crippen LogP contribution in [0, 0.1) is 0 Å². The second-order valence-corrected chi connectivity index (χ2v) is 5.56. The van der Waals surface area contributed by atoms with Crippen LogP contribution < -0.4 is 10.6 Å². The van der Waals surface area contributed by atoms with Gasteiger partial charge in [-0.05, 0) is 27.7 Å². The van der Waals surface area contributed by atoms with Gasteiger partial charge in [0.05, 0.1) is 0 Å². The fourth-order valence-electron chi connectivity index (χ4n) is 1.79. The van der Waals surface area contributed by atoms with Crippen molar-refractivity contribution >= 4 is 12.0 Å². The largest absolute Gasteiger partial charge is 0.444 e. The number of piperazine rings is 1. The maximum Gasteiger partial charge on any atom is 0.410 e. The molecular formula is C12H23N3O3. The Morgan fingerprint density at radius 3 is 2.50 bits per heavy atom. The van der Waals surface area contributed by atoms with Gasteiger partial charge < -0.3 is 20.3 Å².